The van der Waals surface area contributed by atoms with Gasteiger partial charge in [-0.25, -0.2) is 10.4 Å². The average Bonchev–Trinajstić information content (AvgIpc) is 2.98. The second-order valence-electron chi connectivity index (χ2n) is 5.91. The second kappa shape index (κ2) is 11.8. The van der Waals surface area contributed by atoms with Gasteiger partial charge in [-0.1, -0.05) is 64.7 Å². The van der Waals surface area contributed by atoms with Crippen molar-refractivity contribution in [3.63, 3.8) is 0 Å². The first-order chi connectivity index (χ1) is 10.3. The molecule has 0 aromatic carbocycles. The summed E-state index contributed by atoms with van der Waals surface area (Å²) in [6, 6.07) is 0.185. The molecule has 3 N–H and O–H groups in total. The number of hydrogen-bond donors (Lipinski definition) is 2. The maximum atomic E-state index is 5.69. The number of unbranched alkanes of at least 4 members (excludes halogenated alkanes) is 8. The SMILES string of the molecule is CCCCCCCCCCCC(NN)c1nccn1CC. The Hall–Kier alpha value is -0.870. The van der Waals surface area contributed by atoms with Crippen molar-refractivity contribution >= 4 is 0 Å². The van der Waals surface area contributed by atoms with E-state index in [4.69, 9.17) is 5.84 Å². The van der Waals surface area contributed by atoms with E-state index in [2.05, 4.69) is 28.8 Å². The van der Waals surface area contributed by atoms with Crippen molar-refractivity contribution in [3.8, 4) is 0 Å². The van der Waals surface area contributed by atoms with Crippen LogP contribution in [-0.4, -0.2) is 9.55 Å². The lowest BCUT2D eigenvalue weighted by Gasteiger charge is -2.16. The second-order valence-corrected chi connectivity index (χ2v) is 5.91. The van der Waals surface area contributed by atoms with Gasteiger partial charge >= 0.3 is 0 Å². The molecular formula is C17H34N4. The average molecular weight is 294 g/mol. The molecule has 4 nitrogen and oxygen atoms in total. The minimum Gasteiger partial charge on any atom is -0.334 e. The predicted octanol–water partition coefficient (Wildman–Crippen LogP) is 4.33. The van der Waals surface area contributed by atoms with Gasteiger partial charge in [-0.2, -0.15) is 0 Å². The molecule has 0 fully saturated rings. The Labute approximate surface area is 130 Å². The molecule has 0 radical (unpaired) electrons. The molecule has 0 amide bonds. The maximum absolute atomic E-state index is 5.69. The molecule has 0 saturated heterocycles. The summed E-state index contributed by atoms with van der Waals surface area (Å²) < 4.78 is 2.16. The summed E-state index contributed by atoms with van der Waals surface area (Å²) in [6.45, 7) is 5.36. The van der Waals surface area contributed by atoms with Crippen LogP contribution < -0.4 is 11.3 Å². The Morgan fingerprint density at radius 2 is 1.67 bits per heavy atom. The highest BCUT2D eigenvalue weighted by atomic mass is 15.3. The number of nitrogens with zero attached hydrogens (tertiary/aromatic N) is 2. The Bertz CT molecular complexity index is 348. The van der Waals surface area contributed by atoms with Crippen LogP contribution in [0, 0.1) is 0 Å². The van der Waals surface area contributed by atoms with Crippen molar-refractivity contribution < 1.29 is 0 Å². The molecule has 1 atom stereocenters. The number of hydrazine groups is 1. The Morgan fingerprint density at radius 1 is 1.05 bits per heavy atom. The van der Waals surface area contributed by atoms with Crippen LogP contribution in [0.4, 0.5) is 0 Å². The molecule has 0 aliphatic carbocycles. The summed E-state index contributed by atoms with van der Waals surface area (Å²) in [5.41, 5.74) is 2.92. The van der Waals surface area contributed by atoms with Crippen LogP contribution in [0.2, 0.25) is 0 Å². The van der Waals surface area contributed by atoms with Crippen LogP contribution in [0.1, 0.15) is 89.9 Å². The number of aromatic nitrogens is 2. The van der Waals surface area contributed by atoms with Crippen LogP contribution in [0.15, 0.2) is 12.4 Å². The molecule has 0 saturated carbocycles. The Morgan fingerprint density at radius 3 is 2.24 bits per heavy atom. The molecule has 4 heteroatoms. The van der Waals surface area contributed by atoms with Crippen molar-refractivity contribution in [1.29, 1.82) is 0 Å². The molecule has 0 aliphatic rings. The number of nitrogens with two attached hydrogens (primary N) is 1. The number of hydrogen-bond acceptors (Lipinski definition) is 3. The van der Waals surface area contributed by atoms with Crippen molar-refractivity contribution in [2.45, 2.75) is 90.6 Å². The lowest BCUT2D eigenvalue weighted by Crippen LogP contribution is -2.30. The van der Waals surface area contributed by atoms with Gasteiger partial charge in [-0.3, -0.25) is 5.84 Å². The first kappa shape index (κ1) is 18.2. The third kappa shape index (κ3) is 7.09. The quantitative estimate of drug-likeness (QED) is 0.323. The molecule has 1 rings (SSSR count). The molecule has 0 spiro atoms. The van der Waals surface area contributed by atoms with Crippen molar-refractivity contribution in [1.82, 2.24) is 15.0 Å². The van der Waals surface area contributed by atoms with Gasteiger partial charge in [-0.05, 0) is 13.3 Å². The molecule has 0 bridgehead atoms. The number of aryl methyl sites for hydroxylation is 1. The molecule has 1 heterocycles. The van der Waals surface area contributed by atoms with E-state index in [1.807, 2.05) is 12.4 Å². The van der Waals surface area contributed by atoms with Crippen LogP contribution in [-0.2, 0) is 6.54 Å². The van der Waals surface area contributed by atoms with Gasteiger partial charge < -0.3 is 4.57 Å². The number of rotatable bonds is 13. The summed E-state index contributed by atoms with van der Waals surface area (Å²) in [5, 5.41) is 0. The fourth-order valence-corrected chi connectivity index (χ4v) is 2.84. The van der Waals surface area contributed by atoms with E-state index >= 15 is 0 Å². The van der Waals surface area contributed by atoms with Gasteiger partial charge in [0, 0.05) is 18.9 Å². The highest BCUT2D eigenvalue weighted by molar-refractivity contribution is 4.98. The van der Waals surface area contributed by atoms with Gasteiger partial charge in [0.05, 0.1) is 6.04 Å². The fraction of sp³-hybridized carbons (Fsp3) is 0.824. The molecule has 1 aromatic heterocycles. The number of nitrogens with one attached hydrogen (secondary N) is 1. The smallest absolute Gasteiger partial charge is 0.127 e. The lowest BCUT2D eigenvalue weighted by molar-refractivity contribution is 0.442. The van der Waals surface area contributed by atoms with E-state index in [1.54, 1.807) is 0 Å². The Kier molecular flexibility index (Phi) is 10.2. The zero-order chi connectivity index (χ0) is 15.3. The molecule has 0 aliphatic heterocycles. The van der Waals surface area contributed by atoms with Crippen LogP contribution >= 0.6 is 0 Å². The molecule has 1 aromatic rings. The van der Waals surface area contributed by atoms with E-state index < -0.39 is 0 Å². The third-order valence-corrected chi connectivity index (χ3v) is 4.20. The van der Waals surface area contributed by atoms with Crippen LogP contribution in [0.3, 0.4) is 0 Å². The van der Waals surface area contributed by atoms with Crippen molar-refractivity contribution in [3.05, 3.63) is 18.2 Å². The maximum Gasteiger partial charge on any atom is 0.127 e. The molecule has 21 heavy (non-hydrogen) atoms. The van der Waals surface area contributed by atoms with Crippen LogP contribution in [0.25, 0.3) is 0 Å². The molecular weight excluding hydrogens is 260 g/mol. The van der Waals surface area contributed by atoms with Gasteiger partial charge in [-0.15, -0.1) is 0 Å². The Balaban J connectivity index is 2.10. The van der Waals surface area contributed by atoms with Gasteiger partial charge in [0.2, 0.25) is 0 Å². The van der Waals surface area contributed by atoms with Gasteiger partial charge in [0.1, 0.15) is 5.82 Å². The monoisotopic (exact) mass is 294 g/mol. The van der Waals surface area contributed by atoms with Gasteiger partial charge in [0.25, 0.3) is 0 Å². The van der Waals surface area contributed by atoms with E-state index in [0.717, 1.165) is 18.8 Å². The highest BCUT2D eigenvalue weighted by Gasteiger charge is 2.14. The summed E-state index contributed by atoms with van der Waals surface area (Å²) in [4.78, 5) is 4.44. The van der Waals surface area contributed by atoms with E-state index in [9.17, 15) is 0 Å². The zero-order valence-electron chi connectivity index (χ0n) is 14.0. The summed E-state index contributed by atoms with van der Waals surface area (Å²) >= 11 is 0. The molecule has 1 unspecified atom stereocenters. The van der Waals surface area contributed by atoms with Crippen molar-refractivity contribution in [2.24, 2.45) is 5.84 Å². The highest BCUT2D eigenvalue weighted by Crippen LogP contribution is 2.18. The predicted molar refractivity (Wildman–Crippen MR) is 89.8 cm³/mol. The van der Waals surface area contributed by atoms with Gasteiger partial charge in [0.15, 0.2) is 0 Å². The summed E-state index contributed by atoms with van der Waals surface area (Å²) in [6.07, 6.45) is 17.2. The van der Waals surface area contributed by atoms with E-state index in [0.29, 0.717) is 0 Å². The van der Waals surface area contributed by atoms with Crippen LogP contribution in [0.5, 0.6) is 0 Å². The fourth-order valence-electron chi connectivity index (χ4n) is 2.84. The third-order valence-electron chi connectivity index (χ3n) is 4.20. The normalized spacial score (nSPS) is 12.7. The number of imidazole rings is 1. The topological polar surface area (TPSA) is 55.9 Å². The largest absolute Gasteiger partial charge is 0.334 e. The van der Waals surface area contributed by atoms with Crippen molar-refractivity contribution in [2.75, 3.05) is 0 Å². The summed E-state index contributed by atoms with van der Waals surface area (Å²) in [7, 11) is 0. The summed E-state index contributed by atoms with van der Waals surface area (Å²) in [5.74, 6) is 6.76. The minimum absolute atomic E-state index is 0.185. The first-order valence-corrected chi connectivity index (χ1v) is 8.80. The lowest BCUT2D eigenvalue weighted by atomic mass is 10.0. The zero-order valence-corrected chi connectivity index (χ0v) is 14.0. The standard InChI is InChI=1S/C17H34N4/c1-3-5-6-7-8-9-10-11-12-13-16(20-18)17-19-14-15-21(17)4-2/h14-16,20H,3-13,18H2,1-2H3. The van der Waals surface area contributed by atoms with E-state index in [1.165, 1.54) is 57.8 Å². The van der Waals surface area contributed by atoms with E-state index in [-0.39, 0.29) is 6.04 Å². The molecule has 122 valence electrons. The first-order valence-electron chi connectivity index (χ1n) is 8.80. The minimum atomic E-state index is 0.185.